The van der Waals surface area contributed by atoms with Crippen LogP contribution in [0, 0.1) is 6.92 Å². The fraction of sp³-hybridized carbons (Fsp3) is 0.588. The van der Waals surface area contributed by atoms with Gasteiger partial charge in [-0.15, -0.1) is 0 Å². The van der Waals surface area contributed by atoms with Crippen LogP contribution in [0.15, 0.2) is 15.8 Å². The molecule has 11 nitrogen and oxygen atoms in total. The summed E-state index contributed by atoms with van der Waals surface area (Å²) >= 11 is 0. The van der Waals surface area contributed by atoms with Crippen LogP contribution in [0.2, 0.25) is 0 Å². The number of nitrogens with zero attached hydrogens (tertiary/aromatic N) is 2. The fourth-order valence-corrected chi connectivity index (χ4v) is 2.40. The van der Waals surface area contributed by atoms with Gasteiger partial charge >= 0.3 is 17.8 Å². The number of hydrogen-bond donors (Lipinski definition) is 3. The van der Waals surface area contributed by atoms with E-state index in [9.17, 15) is 29.1 Å². The predicted molar refractivity (Wildman–Crippen MR) is 98.8 cm³/mol. The molecule has 1 rings (SSSR count). The molecule has 0 bridgehead atoms. The van der Waals surface area contributed by atoms with Gasteiger partial charge in [-0.1, -0.05) is 0 Å². The van der Waals surface area contributed by atoms with Crippen LogP contribution in [0.5, 0.6) is 0 Å². The van der Waals surface area contributed by atoms with Gasteiger partial charge in [0.25, 0.3) is 5.56 Å². The Balaban J connectivity index is 3.10. The number of aromatic amines is 1. The minimum atomic E-state index is -1.30. The van der Waals surface area contributed by atoms with E-state index in [1.807, 2.05) is 0 Å². The Labute approximate surface area is 161 Å². The van der Waals surface area contributed by atoms with Crippen LogP contribution in [-0.2, 0) is 20.9 Å². The topological polar surface area (TPSA) is 151 Å². The Morgan fingerprint density at radius 3 is 2.36 bits per heavy atom. The number of rotatable bonds is 6. The van der Waals surface area contributed by atoms with E-state index in [4.69, 9.17) is 4.74 Å². The van der Waals surface area contributed by atoms with E-state index >= 15 is 0 Å². The number of nitrogens with one attached hydrogen (secondary N) is 2. The number of ether oxygens (including phenoxy) is 1. The molecule has 0 aromatic carbocycles. The van der Waals surface area contributed by atoms with Crippen molar-refractivity contribution in [3.05, 3.63) is 32.6 Å². The van der Waals surface area contributed by atoms with Gasteiger partial charge < -0.3 is 20.1 Å². The lowest BCUT2D eigenvalue weighted by Crippen LogP contribution is -2.56. The molecular weight excluding hydrogens is 372 g/mol. The molecule has 0 fully saturated rings. The predicted octanol–water partition coefficient (Wildman–Crippen LogP) is 0.0174. The molecule has 156 valence electrons. The molecule has 2 atom stereocenters. The summed E-state index contributed by atoms with van der Waals surface area (Å²) in [5, 5.41) is 11.7. The Kier molecular flexibility index (Phi) is 7.14. The van der Waals surface area contributed by atoms with E-state index in [0.29, 0.717) is 0 Å². The van der Waals surface area contributed by atoms with Crippen LogP contribution < -0.4 is 16.6 Å². The summed E-state index contributed by atoms with van der Waals surface area (Å²) in [6.07, 6.45) is -0.658. The molecule has 1 aromatic rings. The number of aliphatic carboxylic acids is 1. The number of aryl methyl sites for hydroxylation is 1. The molecule has 1 aromatic heterocycles. The Hall–Kier alpha value is -3.11. The zero-order valence-corrected chi connectivity index (χ0v) is 16.7. The quantitative estimate of drug-likeness (QED) is 0.571. The van der Waals surface area contributed by atoms with Crippen LogP contribution >= 0.6 is 0 Å². The Morgan fingerprint density at radius 1 is 1.29 bits per heavy atom. The second-order valence-corrected chi connectivity index (χ2v) is 7.34. The highest BCUT2D eigenvalue weighted by Gasteiger charge is 2.32. The van der Waals surface area contributed by atoms with E-state index in [1.165, 1.54) is 27.0 Å². The Morgan fingerprint density at radius 2 is 1.86 bits per heavy atom. The van der Waals surface area contributed by atoms with Gasteiger partial charge in [-0.25, -0.2) is 14.4 Å². The number of carboxylic acids is 1. The lowest BCUT2D eigenvalue weighted by molar-refractivity contribution is -0.152. The summed E-state index contributed by atoms with van der Waals surface area (Å²) in [5.41, 5.74) is -1.95. The summed E-state index contributed by atoms with van der Waals surface area (Å²) in [4.78, 5) is 62.5. The minimum Gasteiger partial charge on any atom is -0.480 e. The molecule has 0 aliphatic rings. The highest BCUT2D eigenvalue weighted by atomic mass is 16.6. The summed E-state index contributed by atoms with van der Waals surface area (Å²) in [6.45, 7) is 8.61. The zero-order valence-electron chi connectivity index (χ0n) is 16.7. The zero-order chi connectivity index (χ0) is 21.8. The van der Waals surface area contributed by atoms with Gasteiger partial charge in [0.1, 0.15) is 24.4 Å². The smallest absolute Gasteiger partial charge is 0.409 e. The maximum Gasteiger partial charge on any atom is 0.409 e. The largest absolute Gasteiger partial charge is 0.480 e. The van der Waals surface area contributed by atoms with Crippen molar-refractivity contribution in [3.63, 3.8) is 0 Å². The summed E-state index contributed by atoms with van der Waals surface area (Å²) in [6, 6.07) is -1.29. The fourth-order valence-electron chi connectivity index (χ4n) is 2.40. The van der Waals surface area contributed by atoms with Gasteiger partial charge in [0.15, 0.2) is 0 Å². The molecule has 0 aliphatic heterocycles. The van der Waals surface area contributed by atoms with Gasteiger partial charge in [-0.2, -0.15) is 0 Å². The Bertz CT molecular complexity index is 865. The monoisotopic (exact) mass is 398 g/mol. The lowest BCUT2D eigenvalue weighted by Gasteiger charge is -2.33. The number of carboxylic acid groups (broad SMARTS) is 1. The van der Waals surface area contributed by atoms with Crippen molar-refractivity contribution in [2.24, 2.45) is 0 Å². The summed E-state index contributed by atoms with van der Waals surface area (Å²) in [5.74, 6) is -2.04. The second kappa shape index (κ2) is 8.72. The average Bonchev–Trinajstić information content (AvgIpc) is 2.50. The highest BCUT2D eigenvalue weighted by molar-refractivity contribution is 5.84. The molecule has 3 N–H and O–H groups in total. The molecule has 0 aliphatic carbocycles. The molecule has 2 amide bonds. The van der Waals surface area contributed by atoms with Crippen molar-refractivity contribution in [3.8, 4) is 0 Å². The molecular formula is C17H26N4O7. The number of carbonyl (C=O) groups is 3. The third-order valence-corrected chi connectivity index (χ3v) is 3.70. The third-order valence-electron chi connectivity index (χ3n) is 3.70. The van der Waals surface area contributed by atoms with E-state index in [2.05, 4.69) is 10.3 Å². The van der Waals surface area contributed by atoms with Crippen LogP contribution in [0.3, 0.4) is 0 Å². The minimum absolute atomic E-state index is 0.213. The van der Waals surface area contributed by atoms with Crippen LogP contribution in [0.25, 0.3) is 0 Å². The number of aromatic nitrogens is 2. The van der Waals surface area contributed by atoms with Crippen molar-refractivity contribution in [1.29, 1.82) is 0 Å². The van der Waals surface area contributed by atoms with Gasteiger partial charge in [-0.05, 0) is 41.5 Å². The van der Waals surface area contributed by atoms with Gasteiger partial charge in [0, 0.05) is 11.8 Å². The first-order valence-corrected chi connectivity index (χ1v) is 8.56. The molecule has 11 heteroatoms. The maximum absolute atomic E-state index is 12.7. The molecule has 28 heavy (non-hydrogen) atoms. The van der Waals surface area contributed by atoms with Crippen LogP contribution in [-0.4, -0.2) is 55.3 Å². The van der Waals surface area contributed by atoms with Crippen molar-refractivity contribution in [1.82, 2.24) is 19.8 Å². The molecule has 0 spiro atoms. The van der Waals surface area contributed by atoms with Crippen molar-refractivity contribution in [2.45, 2.75) is 65.9 Å². The number of hydrogen-bond acceptors (Lipinski definition) is 6. The number of carbonyl (C=O) groups excluding carboxylic acids is 2. The first kappa shape index (κ1) is 22.9. The van der Waals surface area contributed by atoms with E-state index in [1.54, 1.807) is 20.8 Å². The molecule has 0 saturated heterocycles. The van der Waals surface area contributed by atoms with Crippen molar-refractivity contribution < 1.29 is 24.2 Å². The average molecular weight is 398 g/mol. The molecule has 0 radical (unpaired) electrons. The van der Waals surface area contributed by atoms with Crippen LogP contribution in [0.1, 0.15) is 40.2 Å². The van der Waals surface area contributed by atoms with Gasteiger partial charge in [-0.3, -0.25) is 19.1 Å². The molecule has 1 unspecified atom stereocenters. The number of amides is 2. The molecule has 1 heterocycles. The first-order valence-electron chi connectivity index (χ1n) is 8.56. The third kappa shape index (κ3) is 6.25. The number of alkyl carbamates (subject to hydrolysis) is 1. The van der Waals surface area contributed by atoms with Crippen molar-refractivity contribution >= 4 is 18.0 Å². The maximum atomic E-state index is 12.7. The van der Waals surface area contributed by atoms with Crippen LogP contribution in [0.4, 0.5) is 4.79 Å². The van der Waals surface area contributed by atoms with Crippen molar-refractivity contribution in [2.75, 3.05) is 0 Å². The lowest BCUT2D eigenvalue weighted by atomic mass is 10.2. The second-order valence-electron chi connectivity index (χ2n) is 7.34. The summed E-state index contributed by atoms with van der Waals surface area (Å²) in [7, 11) is 0. The normalized spacial score (nSPS) is 13.4. The molecule has 0 saturated carbocycles. The van der Waals surface area contributed by atoms with E-state index < -0.39 is 53.6 Å². The first-order chi connectivity index (χ1) is 12.7. The van der Waals surface area contributed by atoms with E-state index in [-0.39, 0.29) is 5.56 Å². The SMILES string of the molecule is Cc1cn(CC(=O)N(C(C)NC(=O)OC(C)(C)C)[C@H](C)C(=O)O)c(=O)[nH]c1=O. The highest BCUT2D eigenvalue weighted by Crippen LogP contribution is 2.10. The standard InChI is InChI=1S/C17H26N4O7/c1-9-7-20(15(26)19-13(9)23)8-12(22)21(10(2)14(24)25)11(3)18-16(27)28-17(4,5)6/h7,10-11H,8H2,1-6H3,(H,18,27)(H,24,25)(H,19,23,26)/t10-,11?/m1/s1. The van der Waals surface area contributed by atoms with E-state index in [0.717, 1.165) is 9.47 Å². The van der Waals surface area contributed by atoms with Gasteiger partial charge in [0.05, 0.1) is 0 Å². The van der Waals surface area contributed by atoms with Gasteiger partial charge in [0.2, 0.25) is 5.91 Å². The number of H-pyrrole nitrogens is 1. The summed E-state index contributed by atoms with van der Waals surface area (Å²) < 4.78 is 6.07.